The Morgan fingerprint density at radius 3 is 2.21 bits per heavy atom. The molecule has 24 heavy (non-hydrogen) atoms. The summed E-state index contributed by atoms with van der Waals surface area (Å²) in [5.41, 5.74) is 2.34. The van der Waals surface area contributed by atoms with Gasteiger partial charge in [-0.3, -0.25) is 4.79 Å². The zero-order valence-electron chi connectivity index (χ0n) is 13.8. The topological polar surface area (TPSA) is 79.5 Å². The van der Waals surface area contributed by atoms with Gasteiger partial charge in [0.15, 0.2) is 6.61 Å². The van der Waals surface area contributed by atoms with Gasteiger partial charge in [-0.05, 0) is 42.3 Å². The molecule has 3 amide bonds. The maximum absolute atomic E-state index is 12.0. The number of carbonyl (C=O) groups is 2. The molecule has 6 nitrogen and oxygen atoms in total. The van der Waals surface area contributed by atoms with Crippen LogP contribution in [0.3, 0.4) is 0 Å². The smallest absolute Gasteiger partial charge is 0.318 e. The van der Waals surface area contributed by atoms with Crippen LogP contribution in [0.25, 0.3) is 0 Å². The number of aryl methyl sites for hydroxylation is 1. The van der Waals surface area contributed by atoms with Gasteiger partial charge < -0.3 is 20.7 Å². The molecule has 0 fully saturated rings. The lowest BCUT2D eigenvalue weighted by Crippen LogP contribution is -2.24. The van der Waals surface area contributed by atoms with Crippen molar-refractivity contribution in [3.8, 4) is 5.75 Å². The summed E-state index contributed by atoms with van der Waals surface area (Å²) in [5, 5.41) is 7.86. The summed E-state index contributed by atoms with van der Waals surface area (Å²) in [6, 6.07) is 14.2. The molecule has 6 heteroatoms. The lowest BCUT2D eigenvalue weighted by Gasteiger charge is -2.11. The first-order chi connectivity index (χ1) is 11.6. The second-order valence-electron chi connectivity index (χ2n) is 5.08. The Bertz CT molecular complexity index is 699. The number of anilines is 2. The van der Waals surface area contributed by atoms with Gasteiger partial charge in [0.25, 0.3) is 5.91 Å². The standard InChI is InChI=1S/C18H21N3O3/c1-3-13-6-4-5-7-16(13)24-12-17(22)20-14-8-10-15(11-9-14)21-18(23)19-2/h4-11H,3,12H2,1-2H3,(H,20,22)(H2,19,21,23). The highest BCUT2D eigenvalue weighted by Crippen LogP contribution is 2.18. The molecule has 0 atom stereocenters. The summed E-state index contributed by atoms with van der Waals surface area (Å²) >= 11 is 0. The van der Waals surface area contributed by atoms with Crippen molar-refractivity contribution in [3.63, 3.8) is 0 Å². The van der Waals surface area contributed by atoms with E-state index < -0.39 is 0 Å². The third-order valence-electron chi connectivity index (χ3n) is 3.37. The summed E-state index contributed by atoms with van der Waals surface area (Å²) in [7, 11) is 1.54. The van der Waals surface area contributed by atoms with Gasteiger partial charge >= 0.3 is 6.03 Å². The van der Waals surface area contributed by atoms with Gasteiger partial charge in [0.05, 0.1) is 0 Å². The van der Waals surface area contributed by atoms with Crippen molar-refractivity contribution in [3.05, 3.63) is 54.1 Å². The third-order valence-corrected chi connectivity index (χ3v) is 3.37. The van der Waals surface area contributed by atoms with E-state index in [1.165, 1.54) is 0 Å². The highest BCUT2D eigenvalue weighted by molar-refractivity contribution is 5.93. The Morgan fingerprint density at radius 1 is 0.958 bits per heavy atom. The number of carbonyl (C=O) groups excluding carboxylic acids is 2. The van der Waals surface area contributed by atoms with E-state index in [1.54, 1.807) is 31.3 Å². The lowest BCUT2D eigenvalue weighted by atomic mass is 10.1. The molecule has 0 aliphatic heterocycles. The molecule has 3 N–H and O–H groups in total. The van der Waals surface area contributed by atoms with E-state index in [2.05, 4.69) is 16.0 Å². The summed E-state index contributed by atoms with van der Waals surface area (Å²) in [5.74, 6) is 0.480. The molecule has 2 rings (SSSR count). The third kappa shape index (κ3) is 5.01. The minimum atomic E-state index is -0.297. The van der Waals surface area contributed by atoms with Gasteiger partial charge in [-0.15, -0.1) is 0 Å². The molecular weight excluding hydrogens is 306 g/mol. The van der Waals surface area contributed by atoms with Gasteiger partial charge in [-0.1, -0.05) is 25.1 Å². The minimum Gasteiger partial charge on any atom is -0.483 e. The van der Waals surface area contributed by atoms with Crippen LogP contribution in [0.15, 0.2) is 48.5 Å². The van der Waals surface area contributed by atoms with Gasteiger partial charge in [0.1, 0.15) is 5.75 Å². The molecular formula is C18H21N3O3. The molecule has 2 aromatic rings. The molecule has 0 bridgehead atoms. The number of nitrogens with one attached hydrogen (secondary N) is 3. The quantitative estimate of drug-likeness (QED) is 0.763. The van der Waals surface area contributed by atoms with Crippen LogP contribution < -0.4 is 20.7 Å². The fourth-order valence-electron chi connectivity index (χ4n) is 2.11. The van der Waals surface area contributed by atoms with Crippen molar-refractivity contribution in [2.75, 3.05) is 24.3 Å². The van der Waals surface area contributed by atoms with Gasteiger partial charge in [0.2, 0.25) is 0 Å². The van der Waals surface area contributed by atoms with E-state index in [1.807, 2.05) is 31.2 Å². The summed E-state index contributed by atoms with van der Waals surface area (Å²) in [6.07, 6.45) is 0.845. The SMILES string of the molecule is CCc1ccccc1OCC(=O)Nc1ccc(NC(=O)NC)cc1. The predicted molar refractivity (Wildman–Crippen MR) is 94.5 cm³/mol. The molecule has 2 aromatic carbocycles. The van der Waals surface area contributed by atoms with Crippen LogP contribution in [-0.4, -0.2) is 25.6 Å². The van der Waals surface area contributed by atoms with Crippen LogP contribution in [0.5, 0.6) is 5.75 Å². The largest absolute Gasteiger partial charge is 0.483 e. The average Bonchev–Trinajstić information content (AvgIpc) is 2.61. The van der Waals surface area contributed by atoms with Crippen LogP contribution >= 0.6 is 0 Å². The first-order valence-electron chi connectivity index (χ1n) is 7.71. The van der Waals surface area contributed by atoms with Crippen LogP contribution in [0.2, 0.25) is 0 Å². The first kappa shape index (κ1) is 17.3. The monoisotopic (exact) mass is 327 g/mol. The van der Waals surface area contributed by atoms with Crippen molar-refractivity contribution in [2.24, 2.45) is 0 Å². The van der Waals surface area contributed by atoms with Crippen molar-refractivity contribution in [2.45, 2.75) is 13.3 Å². The molecule has 0 unspecified atom stereocenters. The lowest BCUT2D eigenvalue weighted by molar-refractivity contribution is -0.118. The Labute approximate surface area is 141 Å². The molecule has 0 heterocycles. The Morgan fingerprint density at radius 2 is 1.58 bits per heavy atom. The molecule has 0 radical (unpaired) electrons. The second kappa shape index (κ2) is 8.57. The van der Waals surface area contributed by atoms with Crippen molar-refractivity contribution in [1.82, 2.24) is 5.32 Å². The molecule has 0 aliphatic carbocycles. The second-order valence-corrected chi connectivity index (χ2v) is 5.08. The number of para-hydroxylation sites is 1. The Kier molecular flexibility index (Phi) is 6.19. The van der Waals surface area contributed by atoms with Crippen LogP contribution in [0.1, 0.15) is 12.5 Å². The van der Waals surface area contributed by atoms with Gasteiger partial charge in [-0.25, -0.2) is 4.79 Å². The predicted octanol–water partition coefficient (Wildman–Crippen LogP) is 3.02. The normalized spacial score (nSPS) is 9.92. The van der Waals surface area contributed by atoms with Crippen molar-refractivity contribution < 1.29 is 14.3 Å². The zero-order valence-corrected chi connectivity index (χ0v) is 13.8. The number of amides is 3. The van der Waals surface area contributed by atoms with Crippen LogP contribution in [-0.2, 0) is 11.2 Å². The molecule has 0 saturated carbocycles. The number of benzene rings is 2. The van der Waals surface area contributed by atoms with E-state index in [9.17, 15) is 9.59 Å². The number of hydrogen-bond acceptors (Lipinski definition) is 3. The van der Waals surface area contributed by atoms with Gasteiger partial charge in [0, 0.05) is 18.4 Å². The highest BCUT2D eigenvalue weighted by Gasteiger charge is 2.06. The molecule has 0 aliphatic rings. The molecule has 0 saturated heterocycles. The Hall–Kier alpha value is -3.02. The minimum absolute atomic E-state index is 0.0603. The molecule has 0 spiro atoms. The summed E-state index contributed by atoms with van der Waals surface area (Å²) in [4.78, 5) is 23.2. The maximum Gasteiger partial charge on any atom is 0.318 e. The number of ether oxygens (including phenoxy) is 1. The number of hydrogen-bond donors (Lipinski definition) is 3. The van der Waals surface area contributed by atoms with Crippen LogP contribution in [0.4, 0.5) is 16.2 Å². The molecule has 0 aromatic heterocycles. The number of urea groups is 1. The maximum atomic E-state index is 12.0. The zero-order chi connectivity index (χ0) is 17.4. The number of rotatable bonds is 6. The first-order valence-corrected chi connectivity index (χ1v) is 7.71. The van der Waals surface area contributed by atoms with E-state index in [0.717, 1.165) is 17.7 Å². The average molecular weight is 327 g/mol. The van der Waals surface area contributed by atoms with Crippen molar-refractivity contribution >= 4 is 23.3 Å². The summed E-state index contributed by atoms with van der Waals surface area (Å²) in [6.45, 7) is 1.98. The highest BCUT2D eigenvalue weighted by atomic mass is 16.5. The fraction of sp³-hybridized carbons (Fsp3) is 0.222. The summed E-state index contributed by atoms with van der Waals surface area (Å²) < 4.78 is 5.58. The fourth-order valence-corrected chi connectivity index (χ4v) is 2.11. The van der Waals surface area contributed by atoms with E-state index in [4.69, 9.17) is 4.74 Å². The van der Waals surface area contributed by atoms with Gasteiger partial charge in [-0.2, -0.15) is 0 Å². The van der Waals surface area contributed by atoms with E-state index in [0.29, 0.717) is 11.4 Å². The molecule has 126 valence electrons. The Balaban J connectivity index is 1.87. The van der Waals surface area contributed by atoms with E-state index >= 15 is 0 Å². The van der Waals surface area contributed by atoms with Crippen LogP contribution in [0, 0.1) is 0 Å². The van der Waals surface area contributed by atoms with Crippen molar-refractivity contribution in [1.29, 1.82) is 0 Å². The van der Waals surface area contributed by atoms with E-state index in [-0.39, 0.29) is 18.5 Å².